The second-order valence-corrected chi connectivity index (χ2v) is 7.64. The van der Waals surface area contributed by atoms with Crippen LogP contribution in [0.5, 0.6) is 5.88 Å². The highest BCUT2D eigenvalue weighted by Crippen LogP contribution is 2.30. The zero-order valence-electron chi connectivity index (χ0n) is 17.5. The Morgan fingerprint density at radius 2 is 1.81 bits per heavy atom. The Bertz CT molecular complexity index is 1050. The molecule has 0 aliphatic heterocycles. The fourth-order valence-corrected chi connectivity index (χ4v) is 3.09. The quantitative estimate of drug-likeness (QED) is 0.580. The molecule has 0 bridgehead atoms. The summed E-state index contributed by atoms with van der Waals surface area (Å²) >= 11 is 0. The first-order valence-electron chi connectivity index (χ1n) is 9.65. The van der Waals surface area contributed by atoms with Crippen molar-refractivity contribution in [3.05, 3.63) is 59.7 Å². The molecule has 0 unspecified atom stereocenters. The van der Waals surface area contributed by atoms with Crippen molar-refractivity contribution in [3.8, 4) is 5.88 Å². The van der Waals surface area contributed by atoms with Crippen molar-refractivity contribution in [2.75, 3.05) is 13.7 Å². The molecule has 9 heteroatoms. The number of ether oxygens (including phenoxy) is 2. The Morgan fingerprint density at radius 3 is 2.45 bits per heavy atom. The molecular weight excluding hydrogens is 411 g/mol. The smallest absolute Gasteiger partial charge is 0.405 e. The third kappa shape index (κ3) is 5.75. The Hall–Kier alpha value is -3.07. The predicted molar refractivity (Wildman–Crippen MR) is 110 cm³/mol. The number of carbonyl (C=O) groups is 1. The Kier molecular flexibility index (Phi) is 6.54. The topological polar surface area (TPSA) is 65.4 Å². The molecule has 166 valence electrons. The fourth-order valence-electron chi connectivity index (χ4n) is 3.09. The van der Waals surface area contributed by atoms with Crippen molar-refractivity contribution in [1.29, 1.82) is 0 Å². The number of fused-ring (bicyclic) bond motifs is 1. The third-order valence-electron chi connectivity index (χ3n) is 4.62. The van der Waals surface area contributed by atoms with Crippen LogP contribution in [0.2, 0.25) is 0 Å². The van der Waals surface area contributed by atoms with Gasteiger partial charge in [0.2, 0.25) is 5.88 Å². The van der Waals surface area contributed by atoms with E-state index in [1.807, 2.05) is 53.8 Å². The second-order valence-electron chi connectivity index (χ2n) is 7.64. The van der Waals surface area contributed by atoms with Crippen LogP contribution in [0.3, 0.4) is 0 Å². The number of carbonyl (C=O) groups excluding carboxylic acids is 1. The highest BCUT2D eigenvalue weighted by Gasteiger charge is 2.35. The van der Waals surface area contributed by atoms with Gasteiger partial charge in [0.25, 0.3) is 5.91 Å². The lowest BCUT2D eigenvalue weighted by Gasteiger charge is -2.24. The molecule has 1 N–H and O–H groups in total. The van der Waals surface area contributed by atoms with Gasteiger partial charge < -0.3 is 14.8 Å². The van der Waals surface area contributed by atoms with Crippen LogP contribution in [-0.4, -0.2) is 41.1 Å². The molecule has 2 aromatic carbocycles. The lowest BCUT2D eigenvalue weighted by molar-refractivity contribution is -0.146. The predicted octanol–water partition coefficient (Wildman–Crippen LogP) is 4.07. The fraction of sp³-hybridized carbons (Fsp3) is 0.364. The summed E-state index contributed by atoms with van der Waals surface area (Å²) in [4.78, 5) is 12.3. The van der Waals surface area contributed by atoms with Gasteiger partial charge in [-0.1, -0.05) is 36.4 Å². The van der Waals surface area contributed by atoms with Crippen LogP contribution >= 0.6 is 0 Å². The minimum Gasteiger partial charge on any atom is -0.460 e. The molecule has 0 spiro atoms. The Labute approximate surface area is 177 Å². The average Bonchev–Trinajstić information content (AvgIpc) is 3.02. The van der Waals surface area contributed by atoms with Crippen molar-refractivity contribution in [2.24, 2.45) is 0 Å². The number of benzene rings is 2. The highest BCUT2D eigenvalue weighted by atomic mass is 19.4. The van der Waals surface area contributed by atoms with Crippen molar-refractivity contribution in [3.63, 3.8) is 0 Å². The summed E-state index contributed by atoms with van der Waals surface area (Å²) in [5.41, 5.74) is 1.09. The molecule has 0 saturated heterocycles. The monoisotopic (exact) mass is 435 g/mol. The minimum absolute atomic E-state index is 0.163. The van der Waals surface area contributed by atoms with E-state index in [2.05, 4.69) is 5.10 Å². The first-order valence-corrected chi connectivity index (χ1v) is 9.65. The lowest BCUT2D eigenvalue weighted by atomic mass is 10.1. The van der Waals surface area contributed by atoms with Crippen molar-refractivity contribution in [2.45, 2.75) is 38.8 Å². The minimum atomic E-state index is -4.51. The van der Waals surface area contributed by atoms with Crippen molar-refractivity contribution >= 4 is 16.8 Å². The summed E-state index contributed by atoms with van der Waals surface area (Å²) in [6.07, 6.45) is -4.51. The van der Waals surface area contributed by atoms with Gasteiger partial charge in [0.1, 0.15) is 6.54 Å². The number of halogens is 3. The number of alkyl halides is 3. The molecule has 6 nitrogen and oxygen atoms in total. The van der Waals surface area contributed by atoms with Crippen LogP contribution < -0.4 is 10.1 Å². The third-order valence-corrected chi connectivity index (χ3v) is 4.62. The summed E-state index contributed by atoms with van der Waals surface area (Å²) < 4.78 is 50.2. The van der Waals surface area contributed by atoms with Gasteiger partial charge in [-0.2, -0.15) is 13.2 Å². The molecule has 1 amide bonds. The van der Waals surface area contributed by atoms with Crippen LogP contribution in [0.15, 0.2) is 48.5 Å². The molecule has 31 heavy (non-hydrogen) atoms. The van der Waals surface area contributed by atoms with E-state index >= 15 is 0 Å². The number of rotatable bonds is 8. The first kappa shape index (κ1) is 22.6. The number of amides is 1. The number of hydrogen-bond acceptors (Lipinski definition) is 4. The van der Waals surface area contributed by atoms with Gasteiger partial charge in [-0.05, 0) is 37.1 Å². The maximum atomic E-state index is 12.5. The molecule has 0 atom stereocenters. The van der Waals surface area contributed by atoms with E-state index in [0.717, 1.165) is 16.6 Å². The van der Waals surface area contributed by atoms with Crippen molar-refractivity contribution in [1.82, 2.24) is 15.1 Å². The molecule has 0 saturated carbocycles. The second kappa shape index (κ2) is 8.97. The molecule has 0 aliphatic carbocycles. The number of hydrogen-bond donors (Lipinski definition) is 1. The van der Waals surface area contributed by atoms with E-state index in [1.165, 1.54) is 13.8 Å². The first-order chi connectivity index (χ1) is 14.6. The van der Waals surface area contributed by atoms with Crippen LogP contribution in [0.25, 0.3) is 10.9 Å². The largest absolute Gasteiger partial charge is 0.460 e. The van der Waals surface area contributed by atoms with Crippen LogP contribution in [0.1, 0.15) is 25.0 Å². The molecule has 3 rings (SSSR count). The summed E-state index contributed by atoms with van der Waals surface area (Å²) in [5.74, 6) is -0.723. The van der Waals surface area contributed by atoms with E-state index in [1.54, 1.807) is 11.8 Å². The Morgan fingerprint density at radius 1 is 1.10 bits per heavy atom. The van der Waals surface area contributed by atoms with E-state index < -0.39 is 24.2 Å². The molecule has 3 aromatic rings. The number of nitrogens with one attached hydrogen (secondary N) is 1. The average molecular weight is 435 g/mol. The molecule has 0 radical (unpaired) electrons. The van der Waals surface area contributed by atoms with Gasteiger partial charge in [0, 0.05) is 7.11 Å². The van der Waals surface area contributed by atoms with Crippen LogP contribution in [0.4, 0.5) is 13.2 Å². The molecule has 0 aliphatic rings. The summed E-state index contributed by atoms with van der Waals surface area (Å²) in [6.45, 7) is 2.21. The van der Waals surface area contributed by atoms with Gasteiger partial charge in [-0.15, -0.1) is 5.10 Å². The SMILES string of the molecule is COCc1ccc2c(c1)c(OC(C)(C)C(=O)NCC(F)(F)F)nn2Cc1ccccc1. The number of methoxy groups -OCH3 is 1. The molecule has 1 heterocycles. The van der Waals surface area contributed by atoms with Gasteiger partial charge in [-0.3, -0.25) is 9.48 Å². The van der Waals surface area contributed by atoms with Gasteiger partial charge in [0.15, 0.2) is 5.60 Å². The summed E-state index contributed by atoms with van der Waals surface area (Å²) in [5, 5.41) is 7.02. The maximum Gasteiger partial charge on any atom is 0.405 e. The van der Waals surface area contributed by atoms with Gasteiger partial charge >= 0.3 is 6.18 Å². The zero-order valence-corrected chi connectivity index (χ0v) is 17.5. The number of nitrogens with zero attached hydrogens (tertiary/aromatic N) is 2. The Balaban J connectivity index is 1.94. The van der Waals surface area contributed by atoms with Gasteiger partial charge in [0.05, 0.1) is 24.1 Å². The van der Waals surface area contributed by atoms with Crippen LogP contribution in [-0.2, 0) is 22.7 Å². The van der Waals surface area contributed by atoms with E-state index in [9.17, 15) is 18.0 Å². The lowest BCUT2D eigenvalue weighted by Crippen LogP contribution is -2.49. The molecule has 0 fully saturated rings. The van der Waals surface area contributed by atoms with Gasteiger partial charge in [-0.25, -0.2) is 0 Å². The highest BCUT2D eigenvalue weighted by molar-refractivity contribution is 5.88. The summed E-state index contributed by atoms with van der Waals surface area (Å²) in [7, 11) is 1.58. The number of aromatic nitrogens is 2. The van der Waals surface area contributed by atoms with E-state index in [4.69, 9.17) is 9.47 Å². The molecule has 1 aromatic heterocycles. The van der Waals surface area contributed by atoms with E-state index in [-0.39, 0.29) is 5.88 Å². The van der Waals surface area contributed by atoms with Crippen LogP contribution in [0, 0.1) is 0 Å². The maximum absolute atomic E-state index is 12.5. The standard InChI is InChI=1S/C22H24F3N3O3/c1-21(2,20(29)26-14-22(23,24)25)31-19-17-11-16(13-30-3)9-10-18(17)28(27-19)12-15-7-5-4-6-8-15/h4-11H,12-14H2,1-3H3,(H,26,29). The normalized spacial score (nSPS) is 12.2. The molecular formula is C22H24F3N3O3. The zero-order chi connectivity index (χ0) is 22.6. The summed E-state index contributed by atoms with van der Waals surface area (Å²) in [6, 6.07) is 15.3. The van der Waals surface area contributed by atoms with E-state index in [0.29, 0.717) is 18.5 Å². The van der Waals surface area contributed by atoms with Crippen molar-refractivity contribution < 1.29 is 27.4 Å².